The molecule has 1 atom stereocenters. The van der Waals surface area contributed by atoms with E-state index >= 15 is 0 Å². The van der Waals surface area contributed by atoms with Gasteiger partial charge >= 0.3 is 6.47 Å². The van der Waals surface area contributed by atoms with Crippen LogP contribution in [0.25, 0.3) is 0 Å². The Morgan fingerprint density at radius 2 is 2.17 bits per heavy atom. The van der Waals surface area contributed by atoms with Crippen molar-refractivity contribution in [3.63, 3.8) is 0 Å². The summed E-state index contributed by atoms with van der Waals surface area (Å²) in [5, 5.41) is 0. The molecule has 0 spiro atoms. The number of carbonyl (C=O) groups excluding carboxylic acids is 1. The van der Waals surface area contributed by atoms with Crippen LogP contribution in [0.5, 0.6) is 0 Å². The maximum atomic E-state index is 9.94. The number of methoxy groups -OCH3 is 1. The fourth-order valence-corrected chi connectivity index (χ4v) is 1.11. The van der Waals surface area contributed by atoms with Gasteiger partial charge in [-0.3, -0.25) is 0 Å². The van der Waals surface area contributed by atoms with E-state index in [2.05, 4.69) is 6.92 Å². The van der Waals surface area contributed by atoms with Crippen molar-refractivity contribution in [1.29, 1.82) is 0 Å². The summed E-state index contributed by atoms with van der Waals surface area (Å²) < 4.78 is 9.66. The first kappa shape index (κ1) is 11.4. The van der Waals surface area contributed by atoms with E-state index in [-0.39, 0.29) is 6.10 Å². The second-order valence-corrected chi connectivity index (χ2v) is 2.75. The average Bonchev–Trinajstić information content (AvgIpc) is 2.06. The Labute approximate surface area is 74.0 Å². The Kier molecular flexibility index (Phi) is 8.12. The van der Waals surface area contributed by atoms with E-state index in [4.69, 9.17) is 9.47 Å². The molecule has 71 valence electrons. The van der Waals surface area contributed by atoms with Crippen molar-refractivity contribution in [1.82, 2.24) is 0 Å². The van der Waals surface area contributed by atoms with E-state index in [1.807, 2.05) is 0 Å². The zero-order chi connectivity index (χ0) is 9.23. The predicted octanol–water partition coefficient (Wildman–Crippen LogP) is 1.67. The number of hydrogen-bond acceptors (Lipinski definition) is 3. The largest absolute Gasteiger partial charge is 0.454 e. The fraction of sp³-hybridized carbons (Fsp3) is 0.889. The first-order chi connectivity index (χ1) is 5.85. The lowest BCUT2D eigenvalue weighted by Crippen LogP contribution is -2.12. The topological polar surface area (TPSA) is 35.5 Å². The third kappa shape index (κ3) is 6.16. The molecule has 0 bridgehead atoms. The fourth-order valence-electron chi connectivity index (χ4n) is 1.11. The summed E-state index contributed by atoms with van der Waals surface area (Å²) in [5.41, 5.74) is 0. The smallest absolute Gasteiger partial charge is 0.417 e. The molecule has 0 aromatic rings. The Bertz CT molecular complexity index is 104. The highest BCUT2D eigenvalue weighted by Gasteiger charge is 2.07. The van der Waals surface area contributed by atoms with Crippen LogP contribution in [-0.4, -0.2) is 26.3 Å². The lowest BCUT2D eigenvalue weighted by Gasteiger charge is -2.12. The molecule has 0 fully saturated rings. The van der Waals surface area contributed by atoms with Crippen molar-refractivity contribution >= 4 is 6.47 Å². The van der Waals surface area contributed by atoms with E-state index < -0.39 is 0 Å². The number of ether oxygens (including phenoxy) is 2. The highest BCUT2D eigenvalue weighted by Crippen LogP contribution is 2.08. The van der Waals surface area contributed by atoms with Crippen molar-refractivity contribution in [2.24, 2.45) is 0 Å². The van der Waals surface area contributed by atoms with E-state index in [1.54, 1.807) is 7.11 Å². The molecule has 0 saturated heterocycles. The Morgan fingerprint density at radius 1 is 1.42 bits per heavy atom. The number of hydrogen-bond donors (Lipinski definition) is 0. The quantitative estimate of drug-likeness (QED) is 0.524. The number of rotatable bonds is 8. The molecular weight excluding hydrogens is 156 g/mol. The molecule has 12 heavy (non-hydrogen) atoms. The minimum absolute atomic E-state index is 0.0302. The first-order valence-corrected chi connectivity index (χ1v) is 4.36. The third-order valence-corrected chi connectivity index (χ3v) is 1.70. The summed E-state index contributed by atoms with van der Waals surface area (Å²) in [6.45, 7) is 4.28. The van der Waals surface area contributed by atoms with E-state index in [0.717, 1.165) is 32.3 Å². The zero-order valence-electron chi connectivity index (χ0n) is 7.84. The highest BCUT2D eigenvalue weighted by atomic mass is 16.5. The summed E-state index contributed by atoms with van der Waals surface area (Å²) in [7, 11) is 1.67. The molecule has 0 rings (SSSR count). The van der Waals surface area contributed by atoms with Gasteiger partial charge < -0.3 is 9.47 Å². The van der Waals surface area contributed by atoms with Crippen LogP contribution in [0.1, 0.15) is 32.6 Å². The molecule has 0 amide bonds. The molecule has 3 nitrogen and oxygen atoms in total. The summed E-state index contributed by atoms with van der Waals surface area (Å²) in [6, 6.07) is 0. The zero-order valence-corrected chi connectivity index (χ0v) is 7.84. The van der Waals surface area contributed by atoms with Gasteiger partial charge in [-0.2, -0.15) is 0 Å². The first-order valence-electron chi connectivity index (χ1n) is 4.36. The molecule has 0 aromatic carbocycles. The molecule has 0 N–H and O–H groups in total. The summed E-state index contributed by atoms with van der Waals surface area (Å²) in [5.74, 6) is 0. The van der Waals surface area contributed by atoms with Crippen LogP contribution in [0.3, 0.4) is 0 Å². The van der Waals surface area contributed by atoms with Crippen LogP contribution in [0.4, 0.5) is 0 Å². The lowest BCUT2D eigenvalue weighted by atomic mass is 10.1. The van der Waals surface area contributed by atoms with Crippen LogP contribution in [0.2, 0.25) is 0 Å². The van der Waals surface area contributed by atoms with Crippen LogP contribution < -0.4 is 0 Å². The predicted molar refractivity (Wildman–Crippen MR) is 46.6 cm³/mol. The molecule has 0 aliphatic carbocycles. The second kappa shape index (κ2) is 8.53. The van der Waals surface area contributed by atoms with Crippen LogP contribution in [0.15, 0.2) is 0 Å². The van der Waals surface area contributed by atoms with Crippen molar-refractivity contribution in [3.05, 3.63) is 0 Å². The maximum Gasteiger partial charge on any atom is 0.417 e. The van der Waals surface area contributed by atoms with Gasteiger partial charge in [-0.25, -0.2) is 4.79 Å². The van der Waals surface area contributed by atoms with Crippen LogP contribution in [0, 0.1) is 0 Å². The van der Waals surface area contributed by atoms with Crippen molar-refractivity contribution in [2.45, 2.75) is 38.7 Å². The van der Waals surface area contributed by atoms with Gasteiger partial charge in [-0.05, 0) is 19.3 Å². The molecule has 0 saturated carbocycles. The molecule has 3 heteroatoms. The van der Waals surface area contributed by atoms with Gasteiger partial charge in [0, 0.05) is 13.7 Å². The summed E-state index contributed by atoms with van der Waals surface area (Å²) in [4.78, 5) is 9.94. The van der Waals surface area contributed by atoms with Gasteiger partial charge in [0.1, 0.15) is 6.10 Å². The molecular formula is C9H17O3. The van der Waals surface area contributed by atoms with Crippen molar-refractivity contribution in [2.75, 3.05) is 13.7 Å². The molecule has 1 radical (unpaired) electrons. The van der Waals surface area contributed by atoms with Gasteiger partial charge in [0.25, 0.3) is 0 Å². The lowest BCUT2D eigenvalue weighted by molar-refractivity contribution is 0.131. The highest BCUT2D eigenvalue weighted by molar-refractivity contribution is 5.38. The molecule has 1 unspecified atom stereocenters. The molecule has 0 aliphatic rings. The minimum Gasteiger partial charge on any atom is -0.454 e. The van der Waals surface area contributed by atoms with E-state index in [0.29, 0.717) is 0 Å². The van der Waals surface area contributed by atoms with Gasteiger partial charge in [-0.1, -0.05) is 13.3 Å². The standard InChI is InChI=1S/C9H17O3/c1-3-5-9(12-8-10)6-4-7-11-2/h9H,3-7H2,1-2H3. The monoisotopic (exact) mass is 173 g/mol. The van der Waals surface area contributed by atoms with Crippen molar-refractivity contribution < 1.29 is 14.3 Å². The molecule has 0 heterocycles. The second-order valence-electron chi connectivity index (χ2n) is 2.75. The molecule has 0 aromatic heterocycles. The van der Waals surface area contributed by atoms with Crippen molar-refractivity contribution in [3.8, 4) is 0 Å². The summed E-state index contributed by atoms with van der Waals surface area (Å²) >= 11 is 0. The third-order valence-electron chi connectivity index (χ3n) is 1.70. The van der Waals surface area contributed by atoms with Gasteiger partial charge in [0.05, 0.1) is 0 Å². The minimum atomic E-state index is 0.0302. The Hall–Kier alpha value is -0.570. The van der Waals surface area contributed by atoms with Gasteiger partial charge in [-0.15, -0.1) is 0 Å². The maximum absolute atomic E-state index is 9.94. The van der Waals surface area contributed by atoms with E-state index in [1.165, 1.54) is 6.47 Å². The van der Waals surface area contributed by atoms with Gasteiger partial charge in [0.2, 0.25) is 0 Å². The Morgan fingerprint density at radius 3 is 2.67 bits per heavy atom. The normalized spacial score (nSPS) is 12.5. The molecule has 0 aliphatic heterocycles. The van der Waals surface area contributed by atoms with Gasteiger partial charge in [0.15, 0.2) is 0 Å². The van der Waals surface area contributed by atoms with Crippen LogP contribution >= 0.6 is 0 Å². The SMILES string of the molecule is CCCC(CCCOC)O[C]=O. The Balaban J connectivity index is 3.40. The van der Waals surface area contributed by atoms with E-state index in [9.17, 15) is 4.79 Å². The average molecular weight is 173 g/mol. The van der Waals surface area contributed by atoms with Crippen LogP contribution in [-0.2, 0) is 14.3 Å². The summed E-state index contributed by atoms with van der Waals surface area (Å²) in [6.07, 6.45) is 3.78.